The second-order valence-corrected chi connectivity index (χ2v) is 6.20. The number of benzene rings is 4. The molecule has 3 heteroatoms. The minimum absolute atomic E-state index is 0.895. The second-order valence-electron chi connectivity index (χ2n) is 6.20. The van der Waals surface area contributed by atoms with Crippen LogP contribution >= 0.6 is 0 Å². The van der Waals surface area contributed by atoms with Gasteiger partial charge in [-0.05, 0) is 46.5 Å². The van der Waals surface area contributed by atoms with E-state index in [2.05, 4.69) is 36.4 Å². The lowest BCUT2D eigenvalue weighted by molar-refractivity contribution is -0.0979. The Morgan fingerprint density at radius 3 is 1.13 bits per heavy atom. The highest BCUT2D eigenvalue weighted by molar-refractivity contribution is 5.65. The van der Waals surface area contributed by atoms with E-state index in [4.69, 9.17) is 14.3 Å². The SMILES string of the molecule is C=O.COc1cccc(-c2ccccc2)c1.COc1cccc(-c2ccccc2)c1. The lowest BCUT2D eigenvalue weighted by Crippen LogP contribution is -1.83. The minimum Gasteiger partial charge on any atom is -0.497 e. The Labute approximate surface area is 178 Å². The van der Waals surface area contributed by atoms with Gasteiger partial charge in [-0.3, -0.25) is 0 Å². The highest BCUT2D eigenvalue weighted by Crippen LogP contribution is 2.24. The number of ether oxygens (including phenoxy) is 2. The van der Waals surface area contributed by atoms with Gasteiger partial charge in [0.1, 0.15) is 18.3 Å². The summed E-state index contributed by atoms with van der Waals surface area (Å²) < 4.78 is 10.4. The van der Waals surface area contributed by atoms with Crippen LogP contribution in [0.3, 0.4) is 0 Å². The van der Waals surface area contributed by atoms with E-state index in [0.29, 0.717) is 0 Å². The first kappa shape index (κ1) is 22.4. The smallest absolute Gasteiger partial charge is 0.119 e. The quantitative estimate of drug-likeness (QED) is 0.391. The number of carbonyl (C=O) groups excluding carboxylic acids is 1. The molecule has 30 heavy (non-hydrogen) atoms. The molecule has 0 N–H and O–H groups in total. The topological polar surface area (TPSA) is 35.5 Å². The molecule has 0 unspecified atom stereocenters. The molecular formula is C27H26O3. The molecule has 4 aromatic rings. The molecule has 0 fully saturated rings. The van der Waals surface area contributed by atoms with Gasteiger partial charge < -0.3 is 14.3 Å². The van der Waals surface area contributed by atoms with Crippen molar-refractivity contribution in [1.29, 1.82) is 0 Å². The summed E-state index contributed by atoms with van der Waals surface area (Å²) in [5.74, 6) is 1.79. The minimum atomic E-state index is 0.895. The molecule has 0 spiro atoms. The first-order valence-electron chi connectivity index (χ1n) is 9.48. The third-order valence-electron chi connectivity index (χ3n) is 4.35. The summed E-state index contributed by atoms with van der Waals surface area (Å²) in [6.45, 7) is 2.00. The first-order valence-corrected chi connectivity index (χ1v) is 9.48. The fraction of sp³-hybridized carbons (Fsp3) is 0.0741. The highest BCUT2D eigenvalue weighted by Gasteiger charge is 1.98. The average molecular weight is 399 g/mol. The molecule has 4 aromatic carbocycles. The monoisotopic (exact) mass is 398 g/mol. The molecule has 0 amide bonds. The van der Waals surface area contributed by atoms with Gasteiger partial charge >= 0.3 is 0 Å². The van der Waals surface area contributed by atoms with Crippen LogP contribution in [0.2, 0.25) is 0 Å². The van der Waals surface area contributed by atoms with Gasteiger partial charge in [-0.2, -0.15) is 0 Å². The van der Waals surface area contributed by atoms with Gasteiger partial charge in [-0.1, -0.05) is 84.9 Å². The molecule has 0 aliphatic heterocycles. The lowest BCUT2D eigenvalue weighted by atomic mass is 10.1. The molecule has 0 radical (unpaired) electrons. The van der Waals surface area contributed by atoms with Crippen LogP contribution in [0.15, 0.2) is 109 Å². The Bertz CT molecular complexity index is 916. The van der Waals surface area contributed by atoms with Gasteiger partial charge in [0.05, 0.1) is 14.2 Å². The Morgan fingerprint density at radius 2 is 0.800 bits per heavy atom. The van der Waals surface area contributed by atoms with Crippen LogP contribution in [0.25, 0.3) is 22.3 Å². The summed E-state index contributed by atoms with van der Waals surface area (Å²) in [5, 5.41) is 0. The number of hydrogen-bond acceptors (Lipinski definition) is 3. The van der Waals surface area contributed by atoms with E-state index in [9.17, 15) is 0 Å². The zero-order chi connectivity index (χ0) is 21.6. The molecule has 0 saturated carbocycles. The Hall–Kier alpha value is -3.85. The van der Waals surface area contributed by atoms with Crippen molar-refractivity contribution < 1.29 is 14.3 Å². The number of rotatable bonds is 4. The van der Waals surface area contributed by atoms with Gasteiger partial charge in [-0.15, -0.1) is 0 Å². The molecule has 3 nitrogen and oxygen atoms in total. The fourth-order valence-electron chi connectivity index (χ4n) is 2.87. The average Bonchev–Trinajstić information content (AvgIpc) is 2.87. The van der Waals surface area contributed by atoms with Crippen molar-refractivity contribution >= 4 is 6.79 Å². The number of hydrogen-bond donors (Lipinski definition) is 0. The number of methoxy groups -OCH3 is 2. The molecule has 0 aliphatic rings. The van der Waals surface area contributed by atoms with Crippen molar-refractivity contribution in [3.63, 3.8) is 0 Å². The van der Waals surface area contributed by atoms with Gasteiger partial charge in [-0.25, -0.2) is 0 Å². The predicted octanol–water partition coefficient (Wildman–Crippen LogP) is 6.54. The maximum atomic E-state index is 8.00. The molecule has 0 saturated heterocycles. The maximum absolute atomic E-state index is 8.00. The zero-order valence-corrected chi connectivity index (χ0v) is 17.3. The first-order chi connectivity index (χ1) is 14.8. The van der Waals surface area contributed by atoms with Gasteiger partial charge in [0.25, 0.3) is 0 Å². The summed E-state index contributed by atoms with van der Waals surface area (Å²) >= 11 is 0. The van der Waals surface area contributed by atoms with E-state index < -0.39 is 0 Å². The molecule has 0 heterocycles. The van der Waals surface area contributed by atoms with E-state index in [-0.39, 0.29) is 0 Å². The van der Waals surface area contributed by atoms with Crippen LogP contribution in [0.5, 0.6) is 11.5 Å². The Morgan fingerprint density at radius 1 is 0.467 bits per heavy atom. The number of carbonyl (C=O) groups is 1. The van der Waals surface area contributed by atoms with Gasteiger partial charge in [0.15, 0.2) is 0 Å². The zero-order valence-electron chi connectivity index (χ0n) is 17.3. The third kappa shape index (κ3) is 6.64. The molecule has 0 aliphatic carbocycles. The largest absolute Gasteiger partial charge is 0.497 e. The van der Waals surface area contributed by atoms with Crippen molar-refractivity contribution in [2.75, 3.05) is 14.2 Å². The normalized spacial score (nSPS) is 9.27. The van der Waals surface area contributed by atoms with Crippen molar-refractivity contribution in [2.24, 2.45) is 0 Å². The fourth-order valence-corrected chi connectivity index (χ4v) is 2.87. The molecule has 0 atom stereocenters. The van der Waals surface area contributed by atoms with Crippen molar-refractivity contribution in [1.82, 2.24) is 0 Å². The summed E-state index contributed by atoms with van der Waals surface area (Å²) in [6, 6.07) is 36.7. The van der Waals surface area contributed by atoms with Crippen LogP contribution in [0, 0.1) is 0 Å². The van der Waals surface area contributed by atoms with Crippen LogP contribution < -0.4 is 9.47 Å². The van der Waals surface area contributed by atoms with Crippen LogP contribution in [-0.4, -0.2) is 21.0 Å². The third-order valence-corrected chi connectivity index (χ3v) is 4.35. The maximum Gasteiger partial charge on any atom is 0.119 e. The molecular weight excluding hydrogens is 372 g/mol. The van der Waals surface area contributed by atoms with Crippen LogP contribution in [-0.2, 0) is 4.79 Å². The summed E-state index contributed by atoms with van der Waals surface area (Å²) in [5.41, 5.74) is 4.80. The molecule has 0 aromatic heterocycles. The van der Waals surface area contributed by atoms with Crippen LogP contribution in [0.1, 0.15) is 0 Å². The van der Waals surface area contributed by atoms with Gasteiger partial charge in [0.2, 0.25) is 0 Å². The summed E-state index contributed by atoms with van der Waals surface area (Å²) in [7, 11) is 3.37. The Kier molecular flexibility index (Phi) is 9.41. The van der Waals surface area contributed by atoms with E-state index in [0.717, 1.165) is 11.5 Å². The van der Waals surface area contributed by atoms with E-state index in [1.807, 2.05) is 79.6 Å². The van der Waals surface area contributed by atoms with E-state index >= 15 is 0 Å². The standard InChI is InChI=1S/2C13H12O.CH2O/c2*1-14-13-9-5-8-12(10-13)11-6-3-2-4-7-11;1-2/h2*2-10H,1H3;1H2. The van der Waals surface area contributed by atoms with Crippen LogP contribution in [0.4, 0.5) is 0 Å². The van der Waals surface area contributed by atoms with E-state index in [1.165, 1.54) is 22.3 Å². The molecule has 4 rings (SSSR count). The van der Waals surface area contributed by atoms with Gasteiger partial charge in [0, 0.05) is 0 Å². The Balaban J connectivity index is 0.000000197. The summed E-state index contributed by atoms with van der Waals surface area (Å²) in [6.07, 6.45) is 0. The molecule has 0 bridgehead atoms. The van der Waals surface area contributed by atoms with Crippen molar-refractivity contribution in [3.05, 3.63) is 109 Å². The van der Waals surface area contributed by atoms with Crippen molar-refractivity contribution in [3.8, 4) is 33.8 Å². The predicted molar refractivity (Wildman–Crippen MR) is 124 cm³/mol. The second kappa shape index (κ2) is 12.6. The lowest BCUT2D eigenvalue weighted by Gasteiger charge is -2.03. The van der Waals surface area contributed by atoms with E-state index in [1.54, 1.807) is 14.2 Å². The summed E-state index contributed by atoms with van der Waals surface area (Å²) in [4.78, 5) is 8.00. The molecule has 152 valence electrons. The van der Waals surface area contributed by atoms with Crippen molar-refractivity contribution in [2.45, 2.75) is 0 Å². The highest BCUT2D eigenvalue weighted by atomic mass is 16.5.